The predicted octanol–water partition coefficient (Wildman–Crippen LogP) is 3.10. The van der Waals surface area contributed by atoms with Crippen molar-refractivity contribution in [3.8, 4) is 0 Å². The van der Waals surface area contributed by atoms with Gasteiger partial charge >= 0.3 is 0 Å². The summed E-state index contributed by atoms with van der Waals surface area (Å²) in [7, 11) is 0. The summed E-state index contributed by atoms with van der Waals surface area (Å²) in [6, 6.07) is 4.73. The summed E-state index contributed by atoms with van der Waals surface area (Å²) in [6.07, 6.45) is 3.10. The van der Waals surface area contributed by atoms with Crippen LogP contribution in [-0.4, -0.2) is 5.91 Å². The maximum atomic E-state index is 11.9. The van der Waals surface area contributed by atoms with Crippen molar-refractivity contribution in [2.45, 2.75) is 6.54 Å². The second-order valence-corrected chi connectivity index (χ2v) is 4.46. The molecule has 1 amide bonds. The number of anilines is 1. The van der Waals surface area contributed by atoms with Crippen LogP contribution in [0.25, 0.3) is 0 Å². The van der Waals surface area contributed by atoms with Gasteiger partial charge in [-0.1, -0.05) is 23.2 Å². The molecular weight excluding hydrogens is 275 g/mol. The first kappa shape index (κ1) is 12.8. The van der Waals surface area contributed by atoms with E-state index in [9.17, 15) is 4.79 Å². The molecule has 3 N–H and O–H groups in total. The quantitative estimate of drug-likeness (QED) is 0.851. The fourth-order valence-electron chi connectivity index (χ4n) is 1.42. The molecule has 6 heteroatoms. The molecule has 2 rings (SSSR count). The highest BCUT2D eigenvalue weighted by Crippen LogP contribution is 2.29. The maximum Gasteiger partial charge on any atom is 0.251 e. The number of amides is 1. The fraction of sp³-hybridized carbons (Fsp3) is 0.0833. The lowest BCUT2D eigenvalue weighted by molar-refractivity contribution is 0.0951. The van der Waals surface area contributed by atoms with Crippen molar-refractivity contribution in [1.82, 2.24) is 5.32 Å². The zero-order valence-electron chi connectivity index (χ0n) is 9.24. The molecule has 0 saturated heterocycles. The standard InChI is InChI=1S/C12H10Cl2N2O2/c13-9-3-8(4-10(15)11(9)14)12(17)16-5-7-1-2-18-6-7/h1-4,6H,5,15H2,(H,16,17). The molecule has 2 aromatic rings. The Morgan fingerprint density at radius 1 is 1.39 bits per heavy atom. The van der Waals surface area contributed by atoms with E-state index >= 15 is 0 Å². The molecular formula is C12H10Cl2N2O2. The van der Waals surface area contributed by atoms with Crippen LogP contribution >= 0.6 is 23.2 Å². The molecule has 0 aliphatic heterocycles. The molecule has 18 heavy (non-hydrogen) atoms. The van der Waals surface area contributed by atoms with E-state index in [1.807, 2.05) is 0 Å². The topological polar surface area (TPSA) is 68.3 Å². The summed E-state index contributed by atoms with van der Waals surface area (Å²) in [5.41, 5.74) is 7.15. The number of nitrogens with two attached hydrogens (primary N) is 1. The second kappa shape index (κ2) is 5.33. The summed E-state index contributed by atoms with van der Waals surface area (Å²) in [4.78, 5) is 11.9. The average Bonchev–Trinajstić information content (AvgIpc) is 2.85. The van der Waals surface area contributed by atoms with Crippen molar-refractivity contribution in [2.75, 3.05) is 5.73 Å². The van der Waals surface area contributed by atoms with Gasteiger partial charge in [-0.3, -0.25) is 4.79 Å². The number of furan rings is 1. The van der Waals surface area contributed by atoms with Crippen LogP contribution < -0.4 is 11.1 Å². The Morgan fingerprint density at radius 3 is 2.78 bits per heavy atom. The minimum Gasteiger partial charge on any atom is -0.472 e. The lowest BCUT2D eigenvalue weighted by Crippen LogP contribution is -2.22. The summed E-state index contributed by atoms with van der Waals surface area (Å²) in [5, 5.41) is 3.23. The third-order valence-electron chi connectivity index (χ3n) is 2.35. The van der Waals surface area contributed by atoms with Gasteiger partial charge in [0, 0.05) is 17.7 Å². The van der Waals surface area contributed by atoms with Crippen LogP contribution in [0.5, 0.6) is 0 Å². The summed E-state index contributed by atoms with van der Waals surface area (Å²) < 4.78 is 4.90. The van der Waals surface area contributed by atoms with E-state index in [4.69, 9.17) is 33.4 Å². The molecule has 1 heterocycles. The molecule has 4 nitrogen and oxygen atoms in total. The van der Waals surface area contributed by atoms with E-state index in [1.165, 1.54) is 12.1 Å². The van der Waals surface area contributed by atoms with Crippen molar-refractivity contribution in [3.05, 3.63) is 51.9 Å². The monoisotopic (exact) mass is 284 g/mol. The van der Waals surface area contributed by atoms with Gasteiger partial charge in [-0.15, -0.1) is 0 Å². The van der Waals surface area contributed by atoms with Gasteiger partial charge in [0.1, 0.15) is 0 Å². The smallest absolute Gasteiger partial charge is 0.251 e. The maximum absolute atomic E-state index is 11.9. The van der Waals surface area contributed by atoms with Gasteiger partial charge in [-0.25, -0.2) is 0 Å². The third-order valence-corrected chi connectivity index (χ3v) is 3.17. The molecule has 94 valence electrons. The van der Waals surface area contributed by atoms with Crippen molar-refractivity contribution in [2.24, 2.45) is 0 Å². The van der Waals surface area contributed by atoms with Crippen LogP contribution in [0.1, 0.15) is 15.9 Å². The van der Waals surface area contributed by atoms with Gasteiger partial charge in [-0.05, 0) is 18.2 Å². The van der Waals surface area contributed by atoms with Crippen LogP contribution in [0.3, 0.4) is 0 Å². The normalized spacial score (nSPS) is 10.3. The first-order valence-electron chi connectivity index (χ1n) is 5.11. The van der Waals surface area contributed by atoms with Gasteiger partial charge in [0.2, 0.25) is 0 Å². The van der Waals surface area contributed by atoms with E-state index < -0.39 is 0 Å². The van der Waals surface area contributed by atoms with Crippen LogP contribution in [0.15, 0.2) is 35.1 Å². The Balaban J connectivity index is 2.09. The highest BCUT2D eigenvalue weighted by molar-refractivity contribution is 6.43. The molecule has 1 aromatic carbocycles. The Bertz CT molecular complexity index is 544. The number of benzene rings is 1. The molecule has 0 bridgehead atoms. The van der Waals surface area contributed by atoms with Crippen LogP contribution in [0, 0.1) is 0 Å². The van der Waals surface area contributed by atoms with Gasteiger partial charge in [-0.2, -0.15) is 0 Å². The number of hydrogen-bond acceptors (Lipinski definition) is 3. The SMILES string of the molecule is Nc1cc(C(=O)NCc2ccoc2)cc(Cl)c1Cl. The molecule has 0 spiro atoms. The zero-order chi connectivity index (χ0) is 13.1. The molecule has 0 fully saturated rings. The van der Waals surface area contributed by atoms with E-state index in [0.29, 0.717) is 12.1 Å². The summed E-state index contributed by atoms with van der Waals surface area (Å²) in [5.74, 6) is -0.276. The molecule has 0 radical (unpaired) electrons. The van der Waals surface area contributed by atoms with Gasteiger partial charge in [0.25, 0.3) is 5.91 Å². The van der Waals surface area contributed by atoms with Crippen LogP contribution in [-0.2, 0) is 6.54 Å². The Labute approximate surface area is 114 Å². The first-order chi connectivity index (χ1) is 8.58. The number of nitrogens with one attached hydrogen (secondary N) is 1. The van der Waals surface area contributed by atoms with Gasteiger partial charge in [0.15, 0.2) is 0 Å². The highest BCUT2D eigenvalue weighted by Gasteiger charge is 2.11. The number of nitrogen functional groups attached to an aromatic ring is 1. The van der Waals surface area contributed by atoms with E-state index in [2.05, 4.69) is 5.32 Å². The Morgan fingerprint density at radius 2 is 2.17 bits per heavy atom. The average molecular weight is 285 g/mol. The minimum atomic E-state index is -0.276. The fourth-order valence-corrected chi connectivity index (χ4v) is 1.75. The highest BCUT2D eigenvalue weighted by atomic mass is 35.5. The second-order valence-electron chi connectivity index (χ2n) is 3.68. The van der Waals surface area contributed by atoms with E-state index in [1.54, 1.807) is 18.6 Å². The molecule has 0 saturated carbocycles. The van der Waals surface area contributed by atoms with Crippen molar-refractivity contribution < 1.29 is 9.21 Å². The Hall–Kier alpha value is -1.65. The largest absolute Gasteiger partial charge is 0.472 e. The van der Waals surface area contributed by atoms with Crippen molar-refractivity contribution in [1.29, 1.82) is 0 Å². The molecule has 1 aromatic heterocycles. The lowest BCUT2D eigenvalue weighted by Gasteiger charge is -2.07. The van der Waals surface area contributed by atoms with Crippen LogP contribution in [0.4, 0.5) is 5.69 Å². The van der Waals surface area contributed by atoms with Crippen molar-refractivity contribution in [3.63, 3.8) is 0 Å². The molecule has 0 aliphatic carbocycles. The number of hydrogen-bond donors (Lipinski definition) is 2. The molecule has 0 aliphatic rings. The number of carbonyl (C=O) groups is 1. The number of carbonyl (C=O) groups excluding carboxylic acids is 1. The molecule has 0 atom stereocenters. The van der Waals surface area contributed by atoms with Gasteiger partial charge in [0.05, 0.1) is 28.3 Å². The number of halogens is 2. The third kappa shape index (κ3) is 2.78. The lowest BCUT2D eigenvalue weighted by atomic mass is 10.2. The number of rotatable bonds is 3. The van der Waals surface area contributed by atoms with Gasteiger partial charge < -0.3 is 15.5 Å². The first-order valence-corrected chi connectivity index (χ1v) is 5.87. The predicted molar refractivity (Wildman–Crippen MR) is 70.8 cm³/mol. The van der Waals surface area contributed by atoms with E-state index in [-0.39, 0.29) is 21.6 Å². The Kier molecular flexibility index (Phi) is 3.79. The van der Waals surface area contributed by atoms with Crippen molar-refractivity contribution >= 4 is 34.8 Å². The van der Waals surface area contributed by atoms with Crippen LogP contribution in [0.2, 0.25) is 10.0 Å². The zero-order valence-corrected chi connectivity index (χ0v) is 10.8. The summed E-state index contributed by atoms with van der Waals surface area (Å²) >= 11 is 11.7. The summed E-state index contributed by atoms with van der Waals surface area (Å²) in [6.45, 7) is 0.371. The van der Waals surface area contributed by atoms with E-state index in [0.717, 1.165) is 5.56 Å². The molecule has 0 unspecified atom stereocenters. The minimum absolute atomic E-state index is 0.253.